The molecule has 0 saturated carbocycles. The van der Waals surface area contributed by atoms with E-state index in [-0.39, 0.29) is 11.7 Å². The monoisotopic (exact) mass is 425 g/mol. The average molecular weight is 426 g/mol. The predicted octanol–water partition coefficient (Wildman–Crippen LogP) is 4.37. The molecule has 1 amide bonds. The second kappa shape index (κ2) is 8.93. The molecule has 0 saturated heterocycles. The van der Waals surface area contributed by atoms with Crippen LogP contribution < -0.4 is 5.32 Å². The normalized spacial score (nSPS) is 10.8. The highest BCUT2D eigenvalue weighted by atomic mass is 35.5. The number of nitrogens with one attached hydrogen (secondary N) is 1. The maximum Gasteiger partial charge on any atom is 0.277 e. The Morgan fingerprint density at radius 1 is 1.14 bits per heavy atom. The van der Waals surface area contributed by atoms with Gasteiger partial charge in [-0.15, -0.1) is 10.2 Å². The quantitative estimate of drug-likeness (QED) is 0.442. The molecule has 0 spiro atoms. The lowest BCUT2D eigenvalue weighted by Crippen LogP contribution is -2.14. The van der Waals surface area contributed by atoms with Crippen molar-refractivity contribution in [2.75, 3.05) is 11.1 Å². The van der Waals surface area contributed by atoms with Crippen LogP contribution in [0.5, 0.6) is 0 Å². The largest absolute Gasteiger partial charge is 0.411 e. The standard InChI is InChI=1S/C20H16ClN5O2S/c21-16-7-5-15(6-8-16)19-24-25-20(28-19)29-13-18(27)23-17-4-1-3-14(11-17)12-26-10-2-9-22-26/h1-11H,12-13H2,(H,23,27). The molecule has 0 aliphatic heterocycles. The Labute approximate surface area is 176 Å². The van der Waals surface area contributed by atoms with Crippen molar-refractivity contribution in [1.29, 1.82) is 0 Å². The third-order valence-corrected chi connectivity index (χ3v) is 5.01. The van der Waals surface area contributed by atoms with E-state index >= 15 is 0 Å². The van der Waals surface area contributed by atoms with E-state index in [0.717, 1.165) is 16.8 Å². The molecule has 0 unspecified atom stereocenters. The molecule has 0 aliphatic rings. The first-order chi connectivity index (χ1) is 14.2. The lowest BCUT2D eigenvalue weighted by molar-refractivity contribution is -0.113. The number of aromatic nitrogens is 4. The van der Waals surface area contributed by atoms with Gasteiger partial charge in [0.2, 0.25) is 11.8 Å². The predicted molar refractivity (Wildman–Crippen MR) is 112 cm³/mol. The molecule has 1 N–H and O–H groups in total. The van der Waals surface area contributed by atoms with Gasteiger partial charge in [0.1, 0.15) is 0 Å². The first-order valence-electron chi connectivity index (χ1n) is 8.74. The number of halogens is 1. The van der Waals surface area contributed by atoms with Gasteiger partial charge in [0.25, 0.3) is 5.22 Å². The smallest absolute Gasteiger partial charge is 0.277 e. The molecule has 4 aromatic rings. The van der Waals surface area contributed by atoms with Gasteiger partial charge in [0, 0.05) is 28.7 Å². The summed E-state index contributed by atoms with van der Waals surface area (Å²) < 4.78 is 7.42. The van der Waals surface area contributed by atoms with E-state index < -0.39 is 0 Å². The lowest BCUT2D eigenvalue weighted by atomic mass is 10.2. The van der Waals surface area contributed by atoms with Crippen molar-refractivity contribution in [2.24, 2.45) is 0 Å². The van der Waals surface area contributed by atoms with E-state index in [1.54, 1.807) is 30.5 Å². The molecule has 0 radical (unpaired) electrons. The number of amides is 1. The van der Waals surface area contributed by atoms with Crippen molar-refractivity contribution < 1.29 is 9.21 Å². The summed E-state index contributed by atoms with van der Waals surface area (Å²) >= 11 is 7.06. The molecule has 29 heavy (non-hydrogen) atoms. The van der Waals surface area contributed by atoms with Crippen molar-refractivity contribution in [1.82, 2.24) is 20.0 Å². The van der Waals surface area contributed by atoms with Gasteiger partial charge in [-0.1, -0.05) is 35.5 Å². The zero-order valence-corrected chi connectivity index (χ0v) is 16.7. The van der Waals surface area contributed by atoms with Gasteiger partial charge in [0.05, 0.1) is 12.3 Å². The van der Waals surface area contributed by atoms with Gasteiger partial charge >= 0.3 is 0 Å². The van der Waals surface area contributed by atoms with Crippen molar-refractivity contribution in [3.63, 3.8) is 0 Å². The molecule has 0 fully saturated rings. The highest BCUT2D eigenvalue weighted by Gasteiger charge is 2.11. The van der Waals surface area contributed by atoms with Crippen molar-refractivity contribution in [2.45, 2.75) is 11.8 Å². The minimum atomic E-state index is -0.155. The Bertz CT molecular complexity index is 1100. The fourth-order valence-electron chi connectivity index (χ4n) is 2.63. The summed E-state index contributed by atoms with van der Waals surface area (Å²) in [7, 11) is 0. The number of nitrogens with zero attached hydrogens (tertiary/aromatic N) is 4. The molecule has 146 valence electrons. The Morgan fingerprint density at radius 3 is 2.79 bits per heavy atom. The zero-order chi connectivity index (χ0) is 20.1. The fourth-order valence-corrected chi connectivity index (χ4v) is 3.32. The lowest BCUT2D eigenvalue weighted by Gasteiger charge is -2.07. The zero-order valence-electron chi connectivity index (χ0n) is 15.2. The molecule has 2 aromatic carbocycles. The second-order valence-corrected chi connectivity index (χ2v) is 7.48. The number of rotatable bonds is 7. The summed E-state index contributed by atoms with van der Waals surface area (Å²) in [4.78, 5) is 12.3. The summed E-state index contributed by atoms with van der Waals surface area (Å²) in [5.74, 6) is 0.388. The van der Waals surface area contributed by atoms with E-state index in [1.807, 2.05) is 41.2 Å². The molecule has 9 heteroatoms. The highest BCUT2D eigenvalue weighted by Crippen LogP contribution is 2.24. The van der Waals surface area contributed by atoms with Gasteiger partial charge in [-0.05, 0) is 48.0 Å². The Balaban J connectivity index is 1.32. The molecule has 2 aromatic heterocycles. The van der Waals surface area contributed by atoms with Crippen LogP contribution in [0.15, 0.2) is 76.6 Å². The van der Waals surface area contributed by atoms with Crippen LogP contribution in [-0.2, 0) is 11.3 Å². The van der Waals surface area contributed by atoms with Crippen molar-refractivity contribution in [3.05, 3.63) is 77.6 Å². The number of carbonyl (C=O) groups is 1. The van der Waals surface area contributed by atoms with Crippen LogP contribution in [0.2, 0.25) is 5.02 Å². The van der Waals surface area contributed by atoms with Crippen molar-refractivity contribution >= 4 is 35.0 Å². The molecule has 7 nitrogen and oxygen atoms in total. The number of carbonyl (C=O) groups excluding carboxylic acids is 1. The summed E-state index contributed by atoms with van der Waals surface area (Å²) in [6.07, 6.45) is 3.63. The van der Waals surface area contributed by atoms with Crippen LogP contribution in [0.3, 0.4) is 0 Å². The molecule has 2 heterocycles. The van der Waals surface area contributed by atoms with Crippen LogP contribution in [-0.4, -0.2) is 31.6 Å². The van der Waals surface area contributed by atoms with Crippen LogP contribution in [0.25, 0.3) is 11.5 Å². The van der Waals surface area contributed by atoms with Crippen molar-refractivity contribution in [3.8, 4) is 11.5 Å². The first kappa shape index (κ1) is 19.2. The molecule has 0 atom stereocenters. The number of benzene rings is 2. The minimum Gasteiger partial charge on any atom is -0.411 e. The summed E-state index contributed by atoms with van der Waals surface area (Å²) in [5.41, 5.74) is 2.54. The SMILES string of the molecule is O=C(CSc1nnc(-c2ccc(Cl)cc2)o1)Nc1cccc(Cn2cccn2)c1. The van der Waals surface area contributed by atoms with Crippen LogP contribution in [0, 0.1) is 0 Å². The maximum atomic E-state index is 12.3. The van der Waals surface area contributed by atoms with Gasteiger partial charge in [-0.2, -0.15) is 5.10 Å². The van der Waals surface area contributed by atoms with E-state index in [9.17, 15) is 4.79 Å². The van der Waals surface area contributed by atoms with E-state index in [4.69, 9.17) is 16.0 Å². The minimum absolute atomic E-state index is 0.155. The van der Waals surface area contributed by atoms with Gasteiger partial charge in [0.15, 0.2) is 0 Å². The Kier molecular flexibility index (Phi) is 5.92. The molecule has 0 bridgehead atoms. The van der Waals surface area contributed by atoms with E-state index in [2.05, 4.69) is 20.6 Å². The highest BCUT2D eigenvalue weighted by molar-refractivity contribution is 7.99. The van der Waals surface area contributed by atoms with Gasteiger partial charge in [-0.3, -0.25) is 9.48 Å². The summed E-state index contributed by atoms with van der Waals surface area (Å²) in [6, 6.07) is 16.6. The topological polar surface area (TPSA) is 85.8 Å². The van der Waals surface area contributed by atoms with Crippen LogP contribution in [0.1, 0.15) is 5.56 Å². The van der Waals surface area contributed by atoms with Gasteiger partial charge < -0.3 is 9.73 Å². The molecular formula is C20H16ClN5O2S. The summed E-state index contributed by atoms with van der Waals surface area (Å²) in [5, 5.41) is 16.0. The second-order valence-electron chi connectivity index (χ2n) is 6.12. The van der Waals surface area contributed by atoms with E-state index in [0.29, 0.717) is 22.7 Å². The molecular weight excluding hydrogens is 410 g/mol. The fraction of sp³-hybridized carbons (Fsp3) is 0.100. The van der Waals surface area contributed by atoms with Crippen LogP contribution in [0.4, 0.5) is 5.69 Å². The number of anilines is 1. The van der Waals surface area contributed by atoms with Gasteiger partial charge in [-0.25, -0.2) is 0 Å². The first-order valence-corrected chi connectivity index (χ1v) is 10.1. The Morgan fingerprint density at radius 2 is 2.00 bits per heavy atom. The number of hydrogen-bond donors (Lipinski definition) is 1. The average Bonchev–Trinajstić information content (AvgIpc) is 3.39. The molecule has 0 aliphatic carbocycles. The summed E-state index contributed by atoms with van der Waals surface area (Å²) in [6.45, 7) is 0.640. The number of thioether (sulfide) groups is 1. The van der Waals surface area contributed by atoms with Crippen LogP contribution >= 0.6 is 23.4 Å². The third kappa shape index (κ3) is 5.24. The Hall–Kier alpha value is -3.10. The maximum absolute atomic E-state index is 12.3. The van der Waals surface area contributed by atoms with E-state index in [1.165, 1.54) is 11.8 Å². The number of hydrogen-bond acceptors (Lipinski definition) is 6. The third-order valence-electron chi connectivity index (χ3n) is 3.94. The molecule has 4 rings (SSSR count).